The molecule has 3 aromatic rings. The van der Waals surface area contributed by atoms with E-state index in [1.165, 1.54) is 11.8 Å². The van der Waals surface area contributed by atoms with E-state index in [0.717, 1.165) is 5.56 Å². The fourth-order valence-corrected chi connectivity index (χ4v) is 3.33. The molecule has 3 rings (SSSR count). The summed E-state index contributed by atoms with van der Waals surface area (Å²) in [7, 11) is 1.73. The molecule has 2 heterocycles. The van der Waals surface area contributed by atoms with Crippen molar-refractivity contribution in [3.63, 3.8) is 0 Å². The lowest BCUT2D eigenvalue weighted by Crippen LogP contribution is -2.04. The Morgan fingerprint density at radius 3 is 2.54 bits per heavy atom. The smallest absolute Gasteiger partial charge is 0.329 e. The van der Waals surface area contributed by atoms with Crippen LogP contribution in [0.5, 0.6) is 0 Å². The van der Waals surface area contributed by atoms with Crippen molar-refractivity contribution in [1.82, 2.24) is 19.9 Å². The van der Waals surface area contributed by atoms with Gasteiger partial charge in [-0.25, -0.2) is 0 Å². The Bertz CT molecular complexity index is 842. The third kappa shape index (κ3) is 3.30. The summed E-state index contributed by atoms with van der Waals surface area (Å²) >= 11 is 1.46. The number of aromatic nitrogens is 4. The number of thioether (sulfide) groups is 1. The van der Waals surface area contributed by atoms with Gasteiger partial charge in [0.1, 0.15) is 5.03 Å². The molecule has 0 aliphatic heterocycles. The van der Waals surface area contributed by atoms with Crippen LogP contribution in [0.25, 0.3) is 11.4 Å². The predicted octanol–water partition coefficient (Wildman–Crippen LogP) is 4.09. The topological polar surface area (TPSA) is 56.7 Å². The largest absolute Gasteiger partial charge is 0.471 e. The van der Waals surface area contributed by atoms with Crippen LogP contribution in [0.3, 0.4) is 0 Å². The lowest BCUT2D eigenvalue weighted by atomic mass is 10.2. The third-order valence-electron chi connectivity index (χ3n) is 3.28. The average Bonchev–Trinajstić information content (AvgIpc) is 3.10. The van der Waals surface area contributed by atoms with Gasteiger partial charge in [0.2, 0.25) is 5.82 Å². The molecule has 0 aliphatic rings. The van der Waals surface area contributed by atoms with E-state index in [1.807, 2.05) is 30.3 Å². The van der Waals surface area contributed by atoms with Crippen LogP contribution in [-0.4, -0.2) is 19.9 Å². The molecule has 0 spiro atoms. The Morgan fingerprint density at radius 2 is 1.92 bits per heavy atom. The van der Waals surface area contributed by atoms with E-state index in [0.29, 0.717) is 22.0 Å². The highest BCUT2D eigenvalue weighted by Gasteiger charge is 2.39. The van der Waals surface area contributed by atoms with Crippen LogP contribution >= 0.6 is 11.8 Å². The van der Waals surface area contributed by atoms with Gasteiger partial charge in [0.15, 0.2) is 0 Å². The third-order valence-corrected chi connectivity index (χ3v) is 4.50. The van der Waals surface area contributed by atoms with Crippen LogP contribution in [0.15, 0.2) is 39.9 Å². The fourth-order valence-electron chi connectivity index (χ4n) is 2.23. The van der Waals surface area contributed by atoms with Gasteiger partial charge in [0.05, 0.1) is 11.3 Å². The van der Waals surface area contributed by atoms with E-state index >= 15 is 0 Å². The van der Waals surface area contributed by atoms with Gasteiger partial charge in [-0.15, -0.1) is 11.8 Å². The van der Waals surface area contributed by atoms with E-state index in [1.54, 1.807) is 18.7 Å². The number of rotatable bonds is 4. The zero-order valence-corrected chi connectivity index (χ0v) is 13.6. The average molecular weight is 354 g/mol. The number of halogens is 3. The molecule has 9 heteroatoms. The predicted molar refractivity (Wildman–Crippen MR) is 82.2 cm³/mol. The number of nitrogens with zero attached hydrogens (tertiary/aromatic N) is 4. The summed E-state index contributed by atoms with van der Waals surface area (Å²) in [5.41, 5.74) is 2.09. The molecule has 0 fully saturated rings. The molecular weight excluding hydrogens is 341 g/mol. The van der Waals surface area contributed by atoms with E-state index in [9.17, 15) is 13.2 Å². The van der Waals surface area contributed by atoms with Gasteiger partial charge in [0, 0.05) is 12.8 Å². The Kier molecular flexibility index (Phi) is 4.35. The Hall–Kier alpha value is -2.29. The van der Waals surface area contributed by atoms with E-state index in [4.69, 9.17) is 0 Å². The number of hydrogen-bond donors (Lipinski definition) is 0. The Morgan fingerprint density at radius 1 is 1.21 bits per heavy atom. The lowest BCUT2D eigenvalue weighted by molar-refractivity contribution is -0.159. The SMILES string of the molecule is Cc1nn(C)c(SCc2ccccc2)c1-c1noc(C(F)(F)F)n1. The molecule has 24 heavy (non-hydrogen) atoms. The molecule has 0 aliphatic carbocycles. The maximum absolute atomic E-state index is 12.7. The second-order valence-electron chi connectivity index (χ2n) is 5.08. The highest BCUT2D eigenvalue weighted by Crippen LogP contribution is 2.36. The summed E-state index contributed by atoms with van der Waals surface area (Å²) in [6.45, 7) is 1.70. The Balaban J connectivity index is 1.92. The minimum Gasteiger partial charge on any atom is -0.329 e. The lowest BCUT2D eigenvalue weighted by Gasteiger charge is -2.04. The van der Waals surface area contributed by atoms with Gasteiger partial charge in [-0.3, -0.25) is 4.68 Å². The van der Waals surface area contributed by atoms with Gasteiger partial charge in [-0.2, -0.15) is 23.3 Å². The molecule has 0 radical (unpaired) electrons. The van der Waals surface area contributed by atoms with E-state index in [-0.39, 0.29) is 5.82 Å². The minimum absolute atomic E-state index is 0.108. The van der Waals surface area contributed by atoms with E-state index in [2.05, 4.69) is 19.8 Å². The monoisotopic (exact) mass is 354 g/mol. The molecule has 2 aromatic heterocycles. The number of aryl methyl sites for hydroxylation is 2. The molecule has 0 saturated carbocycles. The molecule has 0 unspecified atom stereocenters. The van der Waals surface area contributed by atoms with Crippen molar-refractivity contribution < 1.29 is 17.7 Å². The molecule has 1 aromatic carbocycles. The van der Waals surface area contributed by atoms with Gasteiger partial charge in [0.25, 0.3) is 0 Å². The van der Waals surface area contributed by atoms with Crippen molar-refractivity contribution in [2.24, 2.45) is 7.05 Å². The maximum Gasteiger partial charge on any atom is 0.471 e. The normalized spacial score (nSPS) is 11.9. The quantitative estimate of drug-likeness (QED) is 0.661. The molecule has 0 amide bonds. The van der Waals surface area contributed by atoms with Crippen molar-refractivity contribution in [3.05, 3.63) is 47.5 Å². The summed E-state index contributed by atoms with van der Waals surface area (Å²) in [5.74, 6) is -0.820. The van der Waals surface area contributed by atoms with Crippen LogP contribution in [0, 0.1) is 6.92 Å². The van der Waals surface area contributed by atoms with Gasteiger partial charge in [-0.1, -0.05) is 35.5 Å². The molecule has 126 valence electrons. The van der Waals surface area contributed by atoms with Crippen LogP contribution < -0.4 is 0 Å². The highest BCUT2D eigenvalue weighted by molar-refractivity contribution is 7.98. The first-order valence-corrected chi connectivity index (χ1v) is 7.96. The van der Waals surface area contributed by atoms with Gasteiger partial charge < -0.3 is 4.52 Å². The van der Waals surface area contributed by atoms with Crippen molar-refractivity contribution in [2.75, 3.05) is 0 Å². The number of benzene rings is 1. The zero-order chi connectivity index (χ0) is 17.3. The first-order chi connectivity index (χ1) is 11.4. The minimum atomic E-state index is -4.67. The van der Waals surface area contributed by atoms with Crippen LogP contribution in [-0.2, 0) is 19.0 Å². The van der Waals surface area contributed by atoms with Crippen LogP contribution in [0.1, 0.15) is 17.1 Å². The summed E-state index contributed by atoms with van der Waals surface area (Å²) in [5, 5.41) is 8.42. The van der Waals surface area contributed by atoms with Crippen molar-refractivity contribution in [3.8, 4) is 11.4 Å². The second-order valence-corrected chi connectivity index (χ2v) is 6.05. The first-order valence-electron chi connectivity index (χ1n) is 6.98. The zero-order valence-electron chi connectivity index (χ0n) is 12.8. The summed E-state index contributed by atoms with van der Waals surface area (Å²) < 4.78 is 44.0. The van der Waals surface area contributed by atoms with Crippen molar-refractivity contribution in [1.29, 1.82) is 0 Å². The van der Waals surface area contributed by atoms with E-state index < -0.39 is 12.1 Å². The highest BCUT2D eigenvalue weighted by atomic mass is 32.2. The van der Waals surface area contributed by atoms with Gasteiger partial charge >= 0.3 is 12.1 Å². The number of hydrogen-bond acceptors (Lipinski definition) is 5. The molecule has 0 saturated heterocycles. The van der Waals surface area contributed by atoms with Crippen molar-refractivity contribution in [2.45, 2.75) is 23.9 Å². The summed E-state index contributed by atoms with van der Waals surface area (Å²) in [6, 6.07) is 9.74. The van der Waals surface area contributed by atoms with Crippen LogP contribution in [0.2, 0.25) is 0 Å². The molecule has 5 nitrogen and oxygen atoms in total. The fraction of sp³-hybridized carbons (Fsp3) is 0.267. The molecule has 0 atom stereocenters. The summed E-state index contributed by atoms with van der Waals surface area (Å²) in [6.07, 6.45) is -4.67. The second kappa shape index (κ2) is 6.31. The standard InChI is InChI=1S/C15H13F3N4OS/c1-9-11(12-19-14(23-21-12)15(16,17)18)13(22(2)20-9)24-8-10-6-4-3-5-7-10/h3-7H,8H2,1-2H3. The maximum atomic E-state index is 12.7. The van der Waals surface area contributed by atoms with Gasteiger partial charge in [-0.05, 0) is 12.5 Å². The number of alkyl halides is 3. The molecular formula is C15H13F3N4OS. The first kappa shape index (κ1) is 16.6. The molecule has 0 bridgehead atoms. The molecule has 0 N–H and O–H groups in total. The van der Waals surface area contributed by atoms with Crippen molar-refractivity contribution >= 4 is 11.8 Å². The summed E-state index contributed by atoms with van der Waals surface area (Å²) in [4.78, 5) is 3.47. The van der Waals surface area contributed by atoms with Crippen LogP contribution in [0.4, 0.5) is 13.2 Å². The Labute approximate surface area is 139 Å².